The Bertz CT molecular complexity index is 679. The fraction of sp³-hybridized carbons (Fsp3) is 0.696. The van der Waals surface area contributed by atoms with Crippen molar-refractivity contribution in [2.75, 3.05) is 40.3 Å². The lowest BCUT2D eigenvalue weighted by Crippen LogP contribution is -2.72. The normalized spacial score (nSPS) is 21.9. The molecule has 0 unspecified atom stereocenters. The van der Waals surface area contributed by atoms with Crippen molar-refractivity contribution in [2.45, 2.75) is 52.6 Å². The van der Waals surface area contributed by atoms with Gasteiger partial charge in [-0.1, -0.05) is 26.0 Å². The predicted molar refractivity (Wildman–Crippen MR) is 132 cm³/mol. The molecule has 5 nitrogen and oxygen atoms in total. The molecule has 0 saturated carbocycles. The van der Waals surface area contributed by atoms with Crippen molar-refractivity contribution < 1.29 is 4.74 Å². The zero-order valence-corrected chi connectivity index (χ0v) is 21.3. The predicted octanol–water partition coefficient (Wildman–Crippen LogP) is 4.22. The van der Waals surface area contributed by atoms with E-state index in [0.717, 1.165) is 37.3 Å². The molecule has 29 heavy (non-hydrogen) atoms. The zero-order chi connectivity index (χ0) is 20.4. The second-order valence-corrected chi connectivity index (χ2v) is 9.52. The lowest BCUT2D eigenvalue weighted by atomic mass is 9.65. The molecule has 0 atom stereocenters. The van der Waals surface area contributed by atoms with Gasteiger partial charge in [-0.05, 0) is 63.4 Å². The van der Waals surface area contributed by atoms with Gasteiger partial charge < -0.3 is 15.0 Å². The molecule has 2 aliphatic rings. The fourth-order valence-corrected chi connectivity index (χ4v) is 4.27. The molecule has 0 radical (unpaired) electrons. The number of benzene rings is 1. The maximum atomic E-state index is 5.25. The van der Waals surface area contributed by atoms with Crippen molar-refractivity contribution >= 4 is 29.9 Å². The van der Waals surface area contributed by atoms with Crippen LogP contribution in [0.15, 0.2) is 29.3 Å². The van der Waals surface area contributed by atoms with E-state index in [1.807, 2.05) is 7.05 Å². The third-order valence-corrected chi connectivity index (χ3v) is 7.17. The largest absolute Gasteiger partial charge is 0.497 e. The molecule has 2 fully saturated rings. The molecule has 2 aliphatic heterocycles. The number of hydrogen-bond donors (Lipinski definition) is 1. The van der Waals surface area contributed by atoms with Crippen molar-refractivity contribution in [3.8, 4) is 5.75 Å². The first-order valence-electron chi connectivity index (χ1n) is 10.6. The van der Waals surface area contributed by atoms with Gasteiger partial charge >= 0.3 is 0 Å². The molecule has 164 valence electrons. The van der Waals surface area contributed by atoms with Crippen LogP contribution in [-0.4, -0.2) is 61.6 Å². The first-order chi connectivity index (χ1) is 13.3. The van der Waals surface area contributed by atoms with Crippen molar-refractivity contribution in [1.82, 2.24) is 15.1 Å². The number of piperidine rings is 1. The number of ether oxygens (including phenoxy) is 1. The summed E-state index contributed by atoms with van der Waals surface area (Å²) >= 11 is 0. The van der Waals surface area contributed by atoms with Crippen LogP contribution in [0.25, 0.3) is 0 Å². The Balaban J connectivity index is 0.00000300. The Hall–Kier alpha value is -1.02. The Kier molecular flexibility index (Phi) is 8.24. The summed E-state index contributed by atoms with van der Waals surface area (Å²) in [5, 5.41) is 3.66. The first kappa shape index (κ1) is 24.3. The zero-order valence-electron chi connectivity index (χ0n) is 19.0. The van der Waals surface area contributed by atoms with E-state index < -0.39 is 0 Å². The van der Waals surface area contributed by atoms with Gasteiger partial charge in [0.25, 0.3) is 0 Å². The first-order valence-corrected chi connectivity index (χ1v) is 10.6. The number of rotatable bonds is 5. The van der Waals surface area contributed by atoms with Crippen LogP contribution in [0.5, 0.6) is 5.75 Å². The summed E-state index contributed by atoms with van der Waals surface area (Å²) in [6, 6.07) is 8.45. The van der Waals surface area contributed by atoms with E-state index in [4.69, 9.17) is 4.74 Å². The minimum atomic E-state index is 0. The summed E-state index contributed by atoms with van der Waals surface area (Å²) in [5.41, 5.74) is 1.84. The fourth-order valence-electron chi connectivity index (χ4n) is 4.27. The molecular formula is C23H39IN4O. The van der Waals surface area contributed by atoms with E-state index in [0.29, 0.717) is 5.41 Å². The molecule has 6 heteroatoms. The highest BCUT2D eigenvalue weighted by molar-refractivity contribution is 14.0. The second kappa shape index (κ2) is 9.86. The summed E-state index contributed by atoms with van der Waals surface area (Å²) < 4.78 is 5.25. The van der Waals surface area contributed by atoms with Gasteiger partial charge in [0.05, 0.1) is 7.11 Å². The molecule has 1 aromatic carbocycles. The molecule has 2 heterocycles. The van der Waals surface area contributed by atoms with Crippen LogP contribution in [-0.2, 0) is 6.54 Å². The number of nitrogens with one attached hydrogen (secondary N) is 1. The summed E-state index contributed by atoms with van der Waals surface area (Å²) in [6.45, 7) is 14.8. The smallest absolute Gasteiger partial charge is 0.194 e. The number of nitrogens with zero attached hydrogens (tertiary/aromatic N) is 3. The van der Waals surface area contributed by atoms with Gasteiger partial charge in [0, 0.05) is 37.6 Å². The third kappa shape index (κ3) is 5.37. The van der Waals surface area contributed by atoms with Gasteiger partial charge in [-0.25, -0.2) is 0 Å². The number of hydrogen-bond acceptors (Lipinski definition) is 3. The van der Waals surface area contributed by atoms with Crippen molar-refractivity contribution in [3.63, 3.8) is 0 Å². The second-order valence-electron chi connectivity index (χ2n) is 9.52. The van der Waals surface area contributed by atoms with Crippen LogP contribution in [0.2, 0.25) is 0 Å². The highest BCUT2D eigenvalue weighted by atomic mass is 127. The summed E-state index contributed by atoms with van der Waals surface area (Å²) in [4.78, 5) is 9.54. The summed E-state index contributed by atoms with van der Waals surface area (Å²) in [5.74, 6) is 2.71. The van der Waals surface area contributed by atoms with Crippen LogP contribution in [0, 0.1) is 11.3 Å². The Labute approximate surface area is 194 Å². The Morgan fingerprint density at radius 2 is 1.76 bits per heavy atom. The maximum Gasteiger partial charge on any atom is 0.194 e. The molecule has 1 aromatic rings. The molecule has 0 bridgehead atoms. The maximum absolute atomic E-state index is 5.25. The molecule has 2 saturated heterocycles. The number of likely N-dealkylation sites (tertiary alicyclic amines) is 2. The topological polar surface area (TPSA) is 40.1 Å². The van der Waals surface area contributed by atoms with Gasteiger partial charge in [-0.15, -0.1) is 24.0 Å². The van der Waals surface area contributed by atoms with Crippen molar-refractivity contribution in [2.24, 2.45) is 16.3 Å². The van der Waals surface area contributed by atoms with Gasteiger partial charge in [-0.3, -0.25) is 9.89 Å². The van der Waals surface area contributed by atoms with Crippen LogP contribution >= 0.6 is 24.0 Å². The van der Waals surface area contributed by atoms with Crippen molar-refractivity contribution in [1.29, 1.82) is 0 Å². The van der Waals surface area contributed by atoms with Gasteiger partial charge in [0.2, 0.25) is 0 Å². The number of aliphatic imine (C=N–C) groups is 1. The van der Waals surface area contributed by atoms with Crippen molar-refractivity contribution in [3.05, 3.63) is 29.8 Å². The van der Waals surface area contributed by atoms with Crippen LogP contribution in [0.1, 0.15) is 46.1 Å². The molecule has 0 aromatic heterocycles. The molecule has 0 amide bonds. The van der Waals surface area contributed by atoms with Crippen LogP contribution in [0.3, 0.4) is 0 Å². The third-order valence-electron chi connectivity index (χ3n) is 7.17. The lowest BCUT2D eigenvalue weighted by Gasteiger charge is -2.62. The van der Waals surface area contributed by atoms with E-state index in [1.165, 1.54) is 31.5 Å². The average molecular weight is 514 g/mol. The molecule has 0 aliphatic carbocycles. The Morgan fingerprint density at radius 3 is 2.24 bits per heavy atom. The quantitative estimate of drug-likeness (QED) is 0.363. The average Bonchev–Trinajstić information content (AvgIpc) is 2.69. The number of guanidine groups is 1. The van der Waals surface area contributed by atoms with Gasteiger partial charge in [0.1, 0.15) is 5.75 Å². The van der Waals surface area contributed by atoms with Gasteiger partial charge in [-0.2, -0.15) is 0 Å². The van der Waals surface area contributed by atoms with E-state index in [9.17, 15) is 0 Å². The van der Waals surface area contributed by atoms with E-state index in [1.54, 1.807) is 7.11 Å². The lowest BCUT2D eigenvalue weighted by molar-refractivity contribution is -0.0668. The monoisotopic (exact) mass is 514 g/mol. The summed E-state index contributed by atoms with van der Waals surface area (Å²) in [6.07, 6.45) is 2.49. The van der Waals surface area contributed by atoms with Gasteiger partial charge in [0.15, 0.2) is 5.96 Å². The minimum Gasteiger partial charge on any atom is -0.497 e. The highest BCUT2D eigenvalue weighted by Gasteiger charge is 2.53. The summed E-state index contributed by atoms with van der Waals surface area (Å²) in [7, 11) is 3.62. The molecule has 1 N–H and O–H groups in total. The highest BCUT2D eigenvalue weighted by Crippen LogP contribution is 2.46. The molecule has 0 spiro atoms. The van der Waals surface area contributed by atoms with Crippen LogP contribution < -0.4 is 10.1 Å². The standard InChI is InChI=1S/C23H38N4O.HI/c1-22(2)17-27(23(22,3)4)21(24-5)25-15-18-11-13-26(14-12-18)16-19-7-9-20(28-6)10-8-19;/h7-10,18H,11-17H2,1-6H3,(H,24,25);1H. The Morgan fingerprint density at radius 1 is 1.14 bits per heavy atom. The SMILES string of the molecule is CN=C(NCC1CCN(Cc2ccc(OC)cc2)CC1)N1CC(C)(C)C1(C)C.I. The molecule has 3 rings (SSSR count). The molecular weight excluding hydrogens is 475 g/mol. The van der Waals surface area contributed by atoms with Crippen LogP contribution in [0.4, 0.5) is 0 Å². The number of methoxy groups -OCH3 is 1. The van der Waals surface area contributed by atoms with E-state index in [2.05, 4.69) is 72.1 Å². The number of halogens is 1. The van der Waals surface area contributed by atoms with E-state index in [-0.39, 0.29) is 29.5 Å². The minimum absolute atomic E-state index is 0. The van der Waals surface area contributed by atoms with E-state index >= 15 is 0 Å².